The summed E-state index contributed by atoms with van der Waals surface area (Å²) >= 11 is 0. The Morgan fingerprint density at radius 3 is 2.59 bits per heavy atom. The van der Waals surface area contributed by atoms with Gasteiger partial charge in [-0.25, -0.2) is 0 Å². The fraction of sp³-hybridized carbons (Fsp3) is 0.360. The van der Waals surface area contributed by atoms with Crippen LogP contribution in [0.5, 0.6) is 17.2 Å². The van der Waals surface area contributed by atoms with Crippen molar-refractivity contribution in [2.45, 2.75) is 33.1 Å². The highest BCUT2D eigenvalue weighted by molar-refractivity contribution is 6.00. The molecule has 0 saturated heterocycles. The van der Waals surface area contributed by atoms with Crippen LogP contribution in [0.25, 0.3) is 11.3 Å². The summed E-state index contributed by atoms with van der Waals surface area (Å²) < 4.78 is 21.9. The fourth-order valence-electron chi connectivity index (χ4n) is 3.48. The number of rotatable bonds is 11. The Bertz CT molecular complexity index is 1040. The van der Waals surface area contributed by atoms with Gasteiger partial charge in [0.25, 0.3) is 5.91 Å². The van der Waals surface area contributed by atoms with Gasteiger partial charge in [0.2, 0.25) is 0 Å². The average molecular weight is 439 g/mol. The largest absolute Gasteiger partial charge is 0.497 e. The van der Waals surface area contributed by atoms with Gasteiger partial charge < -0.3 is 24.1 Å². The van der Waals surface area contributed by atoms with Crippen LogP contribution in [0.3, 0.4) is 0 Å². The molecule has 1 N–H and O–H groups in total. The predicted molar refractivity (Wildman–Crippen MR) is 123 cm³/mol. The number of nitrogens with one attached hydrogen (secondary N) is 1. The first-order valence-electron chi connectivity index (χ1n) is 10.8. The van der Waals surface area contributed by atoms with Crippen molar-refractivity contribution >= 4 is 5.91 Å². The maximum atomic E-state index is 13.1. The molecule has 0 atom stereocenters. The Morgan fingerprint density at radius 2 is 1.88 bits per heavy atom. The lowest BCUT2D eigenvalue weighted by Crippen LogP contribution is -2.26. The average Bonchev–Trinajstić information content (AvgIpc) is 3.23. The molecule has 0 saturated carbocycles. The Labute approximate surface area is 188 Å². The maximum absolute atomic E-state index is 13.1. The molecule has 1 heterocycles. The summed E-state index contributed by atoms with van der Waals surface area (Å²) in [6.45, 7) is 4.99. The number of methoxy groups -OCH3 is 2. The zero-order valence-electron chi connectivity index (χ0n) is 19.1. The lowest BCUT2D eigenvalue weighted by molar-refractivity contribution is 0.0953. The molecule has 1 amide bonds. The van der Waals surface area contributed by atoms with Gasteiger partial charge in [-0.1, -0.05) is 36.7 Å². The van der Waals surface area contributed by atoms with Gasteiger partial charge in [-0.3, -0.25) is 4.79 Å². The van der Waals surface area contributed by atoms with Crippen LogP contribution >= 0.6 is 0 Å². The van der Waals surface area contributed by atoms with Crippen LogP contribution in [0.1, 0.15) is 41.9 Å². The van der Waals surface area contributed by atoms with E-state index in [1.54, 1.807) is 14.2 Å². The van der Waals surface area contributed by atoms with Crippen molar-refractivity contribution in [3.63, 3.8) is 0 Å². The van der Waals surface area contributed by atoms with Crippen LogP contribution in [0, 0.1) is 0 Å². The second kappa shape index (κ2) is 11.2. The number of aromatic nitrogens is 1. The number of carbonyl (C=O) groups is 1. The van der Waals surface area contributed by atoms with Gasteiger partial charge in [-0.2, -0.15) is 0 Å². The molecule has 0 radical (unpaired) electrons. The molecule has 0 aliphatic heterocycles. The number of hydrogen-bond acceptors (Lipinski definition) is 6. The molecule has 3 aromatic rings. The van der Waals surface area contributed by atoms with Gasteiger partial charge in [0.1, 0.15) is 11.3 Å². The van der Waals surface area contributed by atoms with E-state index < -0.39 is 0 Å². The second-order valence-electron chi connectivity index (χ2n) is 7.24. The number of aryl methyl sites for hydroxylation is 1. The van der Waals surface area contributed by atoms with E-state index in [1.165, 1.54) is 0 Å². The van der Waals surface area contributed by atoms with E-state index in [0.717, 1.165) is 17.5 Å². The minimum absolute atomic E-state index is 0.203. The number of benzene rings is 2. The Hall–Kier alpha value is -3.48. The van der Waals surface area contributed by atoms with Crippen LogP contribution in [-0.4, -0.2) is 38.4 Å². The number of carbonyl (C=O) groups excluding carboxylic acids is 1. The third kappa shape index (κ3) is 5.41. The molecule has 7 nitrogen and oxygen atoms in total. The summed E-state index contributed by atoms with van der Waals surface area (Å²) in [5.41, 5.74) is 2.93. The summed E-state index contributed by atoms with van der Waals surface area (Å²) in [5.74, 6) is 2.32. The molecule has 3 rings (SSSR count). The lowest BCUT2D eigenvalue weighted by Gasteiger charge is -2.11. The normalized spacial score (nSPS) is 10.6. The first-order chi connectivity index (χ1) is 15.6. The van der Waals surface area contributed by atoms with Crippen molar-refractivity contribution in [3.05, 3.63) is 59.3 Å². The van der Waals surface area contributed by atoms with Gasteiger partial charge in [0.15, 0.2) is 17.3 Å². The zero-order chi connectivity index (χ0) is 22.9. The Balaban J connectivity index is 1.76. The molecule has 1 aromatic heterocycles. The van der Waals surface area contributed by atoms with Crippen LogP contribution in [-0.2, 0) is 12.8 Å². The maximum Gasteiger partial charge on any atom is 0.257 e. The highest BCUT2D eigenvalue weighted by Gasteiger charge is 2.23. The number of hydrogen-bond donors (Lipinski definition) is 1. The van der Waals surface area contributed by atoms with Crippen molar-refractivity contribution in [2.75, 3.05) is 27.4 Å². The van der Waals surface area contributed by atoms with E-state index in [0.29, 0.717) is 60.3 Å². The molecule has 0 bridgehead atoms. The van der Waals surface area contributed by atoms with Crippen molar-refractivity contribution in [1.29, 1.82) is 0 Å². The molecule has 7 heteroatoms. The zero-order valence-corrected chi connectivity index (χ0v) is 19.1. The van der Waals surface area contributed by atoms with E-state index in [1.807, 2.05) is 56.3 Å². The third-order valence-electron chi connectivity index (χ3n) is 5.04. The summed E-state index contributed by atoms with van der Waals surface area (Å²) in [7, 11) is 3.22. The Kier molecular flexibility index (Phi) is 8.14. The van der Waals surface area contributed by atoms with Crippen LogP contribution in [0.4, 0.5) is 0 Å². The molecular formula is C25H30N2O5. The van der Waals surface area contributed by atoms with Gasteiger partial charge in [-0.05, 0) is 49.6 Å². The molecule has 0 aliphatic carbocycles. The summed E-state index contributed by atoms with van der Waals surface area (Å²) in [4.78, 5) is 13.1. The number of ether oxygens (including phenoxy) is 3. The molecule has 0 fully saturated rings. The fourth-order valence-corrected chi connectivity index (χ4v) is 3.48. The number of nitrogens with zero attached hydrogens (tertiary/aromatic N) is 1. The van der Waals surface area contributed by atoms with E-state index in [4.69, 9.17) is 18.7 Å². The van der Waals surface area contributed by atoms with Crippen LogP contribution in [0.2, 0.25) is 0 Å². The van der Waals surface area contributed by atoms with Crippen LogP contribution < -0.4 is 19.5 Å². The number of amides is 1. The summed E-state index contributed by atoms with van der Waals surface area (Å²) in [6.07, 6.45) is 2.17. The van der Waals surface area contributed by atoms with E-state index in [-0.39, 0.29) is 5.91 Å². The first kappa shape index (κ1) is 23.2. The highest BCUT2D eigenvalue weighted by atomic mass is 16.5. The SMILES string of the molecule is CCCc1noc(-c2cccc(OC)c2)c1C(=O)NCCc1ccc(OC)c(OCC)c1. The molecule has 2 aromatic carbocycles. The van der Waals surface area contributed by atoms with Crippen molar-refractivity contribution < 1.29 is 23.5 Å². The van der Waals surface area contributed by atoms with Crippen molar-refractivity contribution in [3.8, 4) is 28.6 Å². The van der Waals surface area contributed by atoms with E-state index >= 15 is 0 Å². The molecular weight excluding hydrogens is 408 g/mol. The van der Waals surface area contributed by atoms with Crippen LogP contribution in [0.15, 0.2) is 47.0 Å². The quantitative estimate of drug-likeness (QED) is 0.468. The van der Waals surface area contributed by atoms with E-state index in [9.17, 15) is 4.79 Å². The summed E-state index contributed by atoms with van der Waals surface area (Å²) in [6, 6.07) is 13.2. The smallest absolute Gasteiger partial charge is 0.257 e. The predicted octanol–water partition coefficient (Wildman–Crippen LogP) is 4.68. The van der Waals surface area contributed by atoms with Gasteiger partial charge in [0, 0.05) is 12.1 Å². The lowest BCUT2D eigenvalue weighted by atomic mass is 10.0. The van der Waals surface area contributed by atoms with Crippen molar-refractivity contribution in [1.82, 2.24) is 10.5 Å². The Morgan fingerprint density at radius 1 is 1.03 bits per heavy atom. The topological polar surface area (TPSA) is 82.8 Å². The summed E-state index contributed by atoms with van der Waals surface area (Å²) in [5, 5.41) is 7.18. The molecule has 32 heavy (non-hydrogen) atoms. The van der Waals surface area contributed by atoms with Gasteiger partial charge >= 0.3 is 0 Å². The molecule has 0 spiro atoms. The highest BCUT2D eigenvalue weighted by Crippen LogP contribution is 2.30. The minimum atomic E-state index is -0.203. The van der Waals surface area contributed by atoms with Crippen molar-refractivity contribution in [2.24, 2.45) is 0 Å². The second-order valence-corrected chi connectivity index (χ2v) is 7.24. The first-order valence-corrected chi connectivity index (χ1v) is 10.8. The monoisotopic (exact) mass is 438 g/mol. The standard InChI is InChI=1S/C25H30N2O5/c1-5-8-20-23(24(32-27-20)18-9-7-10-19(16-18)29-3)25(28)26-14-13-17-11-12-21(30-4)22(15-17)31-6-2/h7,9-12,15-16H,5-6,8,13-14H2,1-4H3,(H,26,28). The molecule has 0 unspecified atom stereocenters. The van der Waals surface area contributed by atoms with E-state index in [2.05, 4.69) is 10.5 Å². The molecule has 0 aliphatic rings. The third-order valence-corrected chi connectivity index (χ3v) is 5.04. The van der Waals surface area contributed by atoms with Gasteiger partial charge in [0.05, 0.1) is 26.5 Å². The molecule has 170 valence electrons. The minimum Gasteiger partial charge on any atom is -0.497 e. The van der Waals surface area contributed by atoms with Gasteiger partial charge in [-0.15, -0.1) is 0 Å².